The number of rotatable bonds is 5. The molecule has 3 nitrogen and oxygen atoms in total. The monoisotopic (exact) mass is 200 g/mol. The molecular weight excluding hydrogens is 176 g/mol. The summed E-state index contributed by atoms with van der Waals surface area (Å²) in [5.41, 5.74) is 0.320. The Bertz CT molecular complexity index is 171. The largest absolute Gasteiger partial charge is 0.385 e. The van der Waals surface area contributed by atoms with Crippen LogP contribution in [0.4, 0.5) is 0 Å². The van der Waals surface area contributed by atoms with Crippen LogP contribution in [0.15, 0.2) is 0 Å². The maximum atomic E-state index is 5.05. The van der Waals surface area contributed by atoms with Crippen LogP contribution in [-0.4, -0.2) is 50.3 Å². The molecular formula is C11H24N2O. The summed E-state index contributed by atoms with van der Waals surface area (Å²) < 4.78 is 5.05. The van der Waals surface area contributed by atoms with E-state index in [-0.39, 0.29) is 0 Å². The lowest BCUT2D eigenvalue weighted by Crippen LogP contribution is -2.34. The maximum absolute atomic E-state index is 5.05. The lowest BCUT2D eigenvalue weighted by Gasteiger charge is -2.24. The van der Waals surface area contributed by atoms with Crippen LogP contribution in [0.1, 0.15) is 26.7 Å². The van der Waals surface area contributed by atoms with E-state index >= 15 is 0 Å². The van der Waals surface area contributed by atoms with Crippen LogP contribution in [0.5, 0.6) is 0 Å². The van der Waals surface area contributed by atoms with Gasteiger partial charge in [-0.05, 0) is 33.7 Å². The van der Waals surface area contributed by atoms with Crippen molar-refractivity contribution in [2.45, 2.75) is 38.3 Å². The lowest BCUT2D eigenvalue weighted by molar-refractivity contribution is 0.167. The molecule has 1 saturated heterocycles. The number of hydrogen-bond donors (Lipinski definition) is 1. The molecule has 0 amide bonds. The van der Waals surface area contributed by atoms with E-state index in [9.17, 15) is 0 Å². The summed E-state index contributed by atoms with van der Waals surface area (Å²) in [6.07, 6.45) is 2.38. The van der Waals surface area contributed by atoms with Gasteiger partial charge < -0.3 is 15.0 Å². The Kier molecular flexibility index (Phi) is 4.35. The molecule has 84 valence electrons. The van der Waals surface area contributed by atoms with E-state index in [0.29, 0.717) is 11.6 Å². The van der Waals surface area contributed by atoms with E-state index in [2.05, 4.69) is 31.1 Å². The molecule has 1 rings (SSSR count). The number of likely N-dealkylation sites (N-methyl/N-ethyl adjacent to an activating group) is 1. The molecule has 0 aromatic rings. The van der Waals surface area contributed by atoms with E-state index in [0.717, 1.165) is 26.1 Å². The predicted molar refractivity (Wildman–Crippen MR) is 59.6 cm³/mol. The highest BCUT2D eigenvalue weighted by Gasteiger charge is 2.31. The van der Waals surface area contributed by atoms with Crippen molar-refractivity contribution in [3.05, 3.63) is 0 Å². The van der Waals surface area contributed by atoms with E-state index < -0.39 is 0 Å². The maximum Gasteiger partial charge on any atom is 0.0474 e. The van der Waals surface area contributed by atoms with Crippen LogP contribution in [0.3, 0.4) is 0 Å². The third-order valence-corrected chi connectivity index (χ3v) is 3.04. The van der Waals surface area contributed by atoms with Gasteiger partial charge in [0.25, 0.3) is 0 Å². The van der Waals surface area contributed by atoms with Gasteiger partial charge in [0, 0.05) is 38.4 Å². The molecule has 1 heterocycles. The van der Waals surface area contributed by atoms with Crippen LogP contribution in [0.2, 0.25) is 0 Å². The van der Waals surface area contributed by atoms with Crippen molar-refractivity contribution in [2.75, 3.05) is 33.9 Å². The van der Waals surface area contributed by atoms with Crippen LogP contribution in [-0.2, 0) is 4.74 Å². The van der Waals surface area contributed by atoms with Crippen molar-refractivity contribution in [3.8, 4) is 0 Å². The first-order valence-electron chi connectivity index (χ1n) is 5.49. The molecule has 1 aliphatic heterocycles. The molecule has 1 N–H and O–H groups in total. The first-order valence-corrected chi connectivity index (χ1v) is 5.49. The van der Waals surface area contributed by atoms with Crippen molar-refractivity contribution < 1.29 is 4.74 Å². The highest BCUT2D eigenvalue weighted by Crippen LogP contribution is 2.21. The van der Waals surface area contributed by atoms with Gasteiger partial charge in [0.2, 0.25) is 0 Å². The Hall–Kier alpha value is -0.120. The molecule has 1 fully saturated rings. The normalized spacial score (nSPS) is 25.9. The fourth-order valence-corrected chi connectivity index (χ4v) is 2.08. The number of nitrogens with one attached hydrogen (secondary N) is 1. The average Bonchev–Trinajstić information content (AvgIpc) is 2.46. The topological polar surface area (TPSA) is 24.5 Å². The van der Waals surface area contributed by atoms with Crippen molar-refractivity contribution >= 4 is 0 Å². The number of methoxy groups -OCH3 is 1. The third-order valence-electron chi connectivity index (χ3n) is 3.04. The summed E-state index contributed by atoms with van der Waals surface area (Å²) in [5, 5.41) is 3.54. The molecule has 0 aromatic carbocycles. The summed E-state index contributed by atoms with van der Waals surface area (Å²) >= 11 is 0. The van der Waals surface area contributed by atoms with Crippen molar-refractivity contribution in [1.82, 2.24) is 10.2 Å². The van der Waals surface area contributed by atoms with Gasteiger partial charge in [0.15, 0.2) is 0 Å². The zero-order chi connectivity index (χ0) is 10.6. The molecule has 14 heavy (non-hydrogen) atoms. The van der Waals surface area contributed by atoms with E-state index in [1.54, 1.807) is 7.11 Å². The Morgan fingerprint density at radius 1 is 1.50 bits per heavy atom. The van der Waals surface area contributed by atoms with E-state index in [1.165, 1.54) is 6.42 Å². The van der Waals surface area contributed by atoms with E-state index in [4.69, 9.17) is 4.74 Å². The van der Waals surface area contributed by atoms with E-state index in [1.807, 2.05) is 0 Å². The Morgan fingerprint density at radius 3 is 2.71 bits per heavy atom. The minimum atomic E-state index is 0.320. The first kappa shape index (κ1) is 12.0. The van der Waals surface area contributed by atoms with Gasteiger partial charge in [-0.1, -0.05) is 0 Å². The quantitative estimate of drug-likeness (QED) is 0.673. The molecule has 0 radical (unpaired) electrons. The van der Waals surface area contributed by atoms with Gasteiger partial charge >= 0.3 is 0 Å². The third kappa shape index (κ3) is 3.56. The summed E-state index contributed by atoms with van der Waals surface area (Å²) in [4.78, 5) is 2.45. The Labute approximate surface area is 87.8 Å². The lowest BCUT2D eigenvalue weighted by atomic mass is 10.0. The molecule has 0 aliphatic carbocycles. The molecule has 1 aliphatic rings. The van der Waals surface area contributed by atoms with Crippen molar-refractivity contribution in [2.24, 2.45) is 0 Å². The van der Waals surface area contributed by atoms with Gasteiger partial charge in [-0.25, -0.2) is 0 Å². The molecule has 0 bridgehead atoms. The highest BCUT2D eigenvalue weighted by molar-refractivity contribution is 4.93. The minimum absolute atomic E-state index is 0.320. The fourth-order valence-electron chi connectivity index (χ4n) is 2.08. The molecule has 3 heteroatoms. The second kappa shape index (κ2) is 5.10. The summed E-state index contributed by atoms with van der Waals surface area (Å²) in [6, 6.07) is 0.696. The SMILES string of the molecule is COCCCN(C)C1CNC(C)(C)C1. The number of nitrogens with zero attached hydrogens (tertiary/aromatic N) is 1. The van der Waals surface area contributed by atoms with Crippen molar-refractivity contribution in [3.63, 3.8) is 0 Å². The summed E-state index contributed by atoms with van der Waals surface area (Å²) in [7, 11) is 3.98. The van der Waals surface area contributed by atoms with Crippen molar-refractivity contribution in [1.29, 1.82) is 0 Å². The predicted octanol–water partition coefficient (Wildman–Crippen LogP) is 1.10. The minimum Gasteiger partial charge on any atom is -0.385 e. The molecule has 1 unspecified atom stereocenters. The van der Waals surface area contributed by atoms with Gasteiger partial charge in [-0.2, -0.15) is 0 Å². The van der Waals surface area contributed by atoms with Gasteiger partial charge in [0.1, 0.15) is 0 Å². The highest BCUT2D eigenvalue weighted by atomic mass is 16.5. The van der Waals surface area contributed by atoms with Gasteiger partial charge in [-0.15, -0.1) is 0 Å². The van der Waals surface area contributed by atoms with Crippen LogP contribution in [0.25, 0.3) is 0 Å². The van der Waals surface area contributed by atoms with Crippen LogP contribution in [0, 0.1) is 0 Å². The number of ether oxygens (including phenoxy) is 1. The zero-order valence-electron chi connectivity index (χ0n) is 9.97. The molecule has 1 atom stereocenters. The molecule has 0 aromatic heterocycles. The van der Waals surface area contributed by atoms with Gasteiger partial charge in [0.05, 0.1) is 0 Å². The standard InChI is InChI=1S/C11H24N2O/c1-11(2)8-10(9-12-11)13(3)6-5-7-14-4/h10,12H,5-9H2,1-4H3. The van der Waals surface area contributed by atoms with Crippen LogP contribution < -0.4 is 5.32 Å². The number of hydrogen-bond acceptors (Lipinski definition) is 3. The Balaban J connectivity index is 2.22. The molecule has 0 saturated carbocycles. The second-order valence-electron chi connectivity index (χ2n) is 4.95. The first-order chi connectivity index (χ1) is 6.55. The van der Waals surface area contributed by atoms with Gasteiger partial charge in [-0.3, -0.25) is 0 Å². The van der Waals surface area contributed by atoms with Crippen LogP contribution >= 0.6 is 0 Å². The molecule has 0 spiro atoms. The fraction of sp³-hybridized carbons (Fsp3) is 1.00. The zero-order valence-corrected chi connectivity index (χ0v) is 9.97. The Morgan fingerprint density at radius 2 is 2.21 bits per heavy atom. The second-order valence-corrected chi connectivity index (χ2v) is 4.95. The summed E-state index contributed by atoms with van der Waals surface area (Å²) in [6.45, 7) is 7.67. The smallest absolute Gasteiger partial charge is 0.0474 e. The summed E-state index contributed by atoms with van der Waals surface area (Å²) in [5.74, 6) is 0. The average molecular weight is 200 g/mol.